The lowest BCUT2D eigenvalue weighted by Crippen LogP contribution is -2.06. The SMILES string of the molecule is CNCc1csc(CCOc2cc(C)ccc2C(C)C)n1. The summed E-state index contributed by atoms with van der Waals surface area (Å²) >= 11 is 1.71. The Bertz CT molecular complexity index is 578. The van der Waals surface area contributed by atoms with Crippen molar-refractivity contribution in [1.29, 1.82) is 0 Å². The van der Waals surface area contributed by atoms with Crippen LogP contribution in [0.1, 0.15) is 41.6 Å². The van der Waals surface area contributed by atoms with E-state index in [1.54, 1.807) is 11.3 Å². The standard InChI is InChI=1S/C17H24N2OS/c1-12(2)15-6-5-13(3)9-16(15)20-8-7-17-19-14(10-18-4)11-21-17/h5-6,9,11-12,18H,7-8,10H2,1-4H3. The fraction of sp³-hybridized carbons (Fsp3) is 0.471. The summed E-state index contributed by atoms with van der Waals surface area (Å²) in [4.78, 5) is 4.58. The zero-order valence-corrected chi connectivity index (χ0v) is 14.1. The van der Waals surface area contributed by atoms with E-state index in [0.29, 0.717) is 12.5 Å². The second-order valence-corrected chi connectivity index (χ2v) is 6.50. The summed E-state index contributed by atoms with van der Waals surface area (Å²) in [5.41, 5.74) is 3.62. The highest BCUT2D eigenvalue weighted by Gasteiger charge is 2.09. The number of thiazole rings is 1. The second-order valence-electron chi connectivity index (χ2n) is 5.56. The van der Waals surface area contributed by atoms with E-state index in [1.165, 1.54) is 11.1 Å². The van der Waals surface area contributed by atoms with Gasteiger partial charge in [-0.3, -0.25) is 0 Å². The molecule has 0 spiro atoms. The van der Waals surface area contributed by atoms with E-state index in [1.807, 2.05) is 7.05 Å². The number of hydrogen-bond acceptors (Lipinski definition) is 4. The third-order valence-electron chi connectivity index (χ3n) is 3.32. The van der Waals surface area contributed by atoms with Gasteiger partial charge in [0, 0.05) is 18.3 Å². The Morgan fingerprint density at radius 1 is 1.33 bits per heavy atom. The molecule has 1 aromatic carbocycles. The molecule has 1 N–H and O–H groups in total. The van der Waals surface area contributed by atoms with E-state index < -0.39 is 0 Å². The highest BCUT2D eigenvalue weighted by Crippen LogP contribution is 2.27. The third-order valence-corrected chi connectivity index (χ3v) is 4.28. The molecule has 0 unspecified atom stereocenters. The normalized spacial score (nSPS) is 11.1. The number of nitrogens with zero attached hydrogens (tertiary/aromatic N) is 1. The van der Waals surface area contributed by atoms with Gasteiger partial charge in [0.15, 0.2) is 0 Å². The molecule has 0 aliphatic carbocycles. The molecule has 1 aromatic heterocycles. The summed E-state index contributed by atoms with van der Waals surface area (Å²) in [5.74, 6) is 1.49. The lowest BCUT2D eigenvalue weighted by Gasteiger charge is -2.14. The summed E-state index contributed by atoms with van der Waals surface area (Å²) in [6.45, 7) is 8.00. The van der Waals surface area contributed by atoms with Crippen LogP contribution in [0.25, 0.3) is 0 Å². The molecule has 2 rings (SSSR count). The van der Waals surface area contributed by atoms with Crippen molar-refractivity contribution in [3.63, 3.8) is 0 Å². The fourth-order valence-corrected chi connectivity index (χ4v) is 3.00. The lowest BCUT2D eigenvalue weighted by molar-refractivity contribution is 0.317. The maximum Gasteiger partial charge on any atom is 0.123 e. The smallest absolute Gasteiger partial charge is 0.123 e. The molecule has 3 nitrogen and oxygen atoms in total. The van der Waals surface area contributed by atoms with E-state index in [0.717, 1.165) is 29.4 Å². The molecule has 0 amide bonds. The van der Waals surface area contributed by atoms with Crippen molar-refractivity contribution in [3.8, 4) is 5.75 Å². The van der Waals surface area contributed by atoms with Crippen LogP contribution in [0.3, 0.4) is 0 Å². The Morgan fingerprint density at radius 3 is 2.86 bits per heavy atom. The number of benzene rings is 1. The monoisotopic (exact) mass is 304 g/mol. The minimum atomic E-state index is 0.475. The summed E-state index contributed by atoms with van der Waals surface area (Å²) in [6, 6.07) is 6.44. The van der Waals surface area contributed by atoms with Gasteiger partial charge in [-0.1, -0.05) is 26.0 Å². The van der Waals surface area contributed by atoms with Gasteiger partial charge in [0.1, 0.15) is 5.75 Å². The number of ether oxygens (including phenoxy) is 1. The van der Waals surface area contributed by atoms with Gasteiger partial charge in [-0.2, -0.15) is 0 Å². The predicted octanol–water partition coefficient (Wildman–Crippen LogP) is 3.92. The molecule has 0 atom stereocenters. The molecule has 0 saturated carbocycles. The molecule has 1 heterocycles. The third kappa shape index (κ3) is 4.55. The average Bonchev–Trinajstić information content (AvgIpc) is 2.86. The first-order valence-electron chi connectivity index (χ1n) is 7.41. The molecule has 0 bridgehead atoms. The van der Waals surface area contributed by atoms with Gasteiger partial charge in [-0.15, -0.1) is 11.3 Å². The van der Waals surface area contributed by atoms with Crippen LogP contribution in [0.5, 0.6) is 5.75 Å². The molecule has 0 fully saturated rings. The number of rotatable bonds is 7. The molecular weight excluding hydrogens is 280 g/mol. The van der Waals surface area contributed by atoms with Crippen LogP contribution in [0.2, 0.25) is 0 Å². The molecule has 114 valence electrons. The zero-order chi connectivity index (χ0) is 15.2. The topological polar surface area (TPSA) is 34.1 Å². The van der Waals surface area contributed by atoms with E-state index in [-0.39, 0.29) is 0 Å². The van der Waals surface area contributed by atoms with Crippen molar-refractivity contribution in [2.45, 2.75) is 39.7 Å². The first kappa shape index (κ1) is 16.0. The molecule has 2 aromatic rings. The number of hydrogen-bond donors (Lipinski definition) is 1. The predicted molar refractivity (Wildman–Crippen MR) is 89.3 cm³/mol. The highest BCUT2D eigenvalue weighted by molar-refractivity contribution is 7.09. The minimum absolute atomic E-state index is 0.475. The first-order valence-corrected chi connectivity index (χ1v) is 8.29. The fourth-order valence-electron chi connectivity index (χ4n) is 2.22. The lowest BCUT2D eigenvalue weighted by atomic mass is 10.0. The van der Waals surface area contributed by atoms with Gasteiger partial charge < -0.3 is 10.1 Å². The summed E-state index contributed by atoms with van der Waals surface area (Å²) in [5, 5.41) is 6.37. The molecular formula is C17H24N2OS. The molecule has 0 radical (unpaired) electrons. The number of aryl methyl sites for hydroxylation is 1. The van der Waals surface area contributed by atoms with E-state index >= 15 is 0 Å². The van der Waals surface area contributed by atoms with Crippen LogP contribution in [-0.4, -0.2) is 18.6 Å². The van der Waals surface area contributed by atoms with Crippen molar-refractivity contribution in [2.24, 2.45) is 0 Å². The Balaban J connectivity index is 1.94. The summed E-state index contributed by atoms with van der Waals surface area (Å²) < 4.78 is 6.00. The van der Waals surface area contributed by atoms with Crippen molar-refractivity contribution >= 4 is 11.3 Å². The van der Waals surface area contributed by atoms with Crippen LogP contribution in [0.15, 0.2) is 23.6 Å². The van der Waals surface area contributed by atoms with Gasteiger partial charge in [-0.25, -0.2) is 4.98 Å². The quantitative estimate of drug-likeness (QED) is 0.842. The molecule has 0 aliphatic rings. The van der Waals surface area contributed by atoms with Gasteiger partial charge in [0.25, 0.3) is 0 Å². The molecule has 4 heteroatoms. The maximum atomic E-state index is 6.00. The molecule has 0 saturated heterocycles. The number of aromatic nitrogens is 1. The molecule has 21 heavy (non-hydrogen) atoms. The van der Waals surface area contributed by atoms with E-state index in [9.17, 15) is 0 Å². The van der Waals surface area contributed by atoms with Crippen LogP contribution in [-0.2, 0) is 13.0 Å². The van der Waals surface area contributed by atoms with Crippen molar-refractivity contribution in [1.82, 2.24) is 10.3 Å². The van der Waals surface area contributed by atoms with Gasteiger partial charge in [0.2, 0.25) is 0 Å². The Morgan fingerprint density at radius 2 is 2.14 bits per heavy atom. The average molecular weight is 304 g/mol. The van der Waals surface area contributed by atoms with Gasteiger partial charge in [0.05, 0.1) is 17.3 Å². The van der Waals surface area contributed by atoms with Crippen LogP contribution >= 0.6 is 11.3 Å². The van der Waals surface area contributed by atoms with Crippen LogP contribution in [0.4, 0.5) is 0 Å². The van der Waals surface area contributed by atoms with Crippen molar-refractivity contribution in [2.75, 3.05) is 13.7 Å². The van der Waals surface area contributed by atoms with E-state index in [2.05, 4.69) is 54.7 Å². The van der Waals surface area contributed by atoms with Crippen LogP contribution < -0.4 is 10.1 Å². The Hall–Kier alpha value is -1.39. The summed E-state index contributed by atoms with van der Waals surface area (Å²) in [6.07, 6.45) is 0.861. The van der Waals surface area contributed by atoms with Gasteiger partial charge in [-0.05, 0) is 37.1 Å². The zero-order valence-electron chi connectivity index (χ0n) is 13.3. The first-order chi connectivity index (χ1) is 10.1. The molecule has 0 aliphatic heterocycles. The Kier molecular flexibility index (Phi) is 5.76. The van der Waals surface area contributed by atoms with Crippen molar-refractivity contribution in [3.05, 3.63) is 45.4 Å². The highest BCUT2D eigenvalue weighted by atomic mass is 32.1. The van der Waals surface area contributed by atoms with Gasteiger partial charge >= 0.3 is 0 Å². The summed E-state index contributed by atoms with van der Waals surface area (Å²) in [7, 11) is 1.94. The number of nitrogens with one attached hydrogen (secondary N) is 1. The minimum Gasteiger partial charge on any atom is -0.493 e. The largest absolute Gasteiger partial charge is 0.493 e. The Labute approximate surface area is 131 Å². The maximum absolute atomic E-state index is 6.00. The van der Waals surface area contributed by atoms with Crippen molar-refractivity contribution < 1.29 is 4.74 Å². The van der Waals surface area contributed by atoms with E-state index in [4.69, 9.17) is 4.74 Å². The second kappa shape index (κ2) is 7.57. The van der Waals surface area contributed by atoms with Crippen LogP contribution in [0, 0.1) is 6.92 Å².